The molecule has 1 rings (SSSR count). The van der Waals surface area contributed by atoms with Crippen molar-refractivity contribution < 1.29 is 0 Å². The summed E-state index contributed by atoms with van der Waals surface area (Å²) < 4.78 is 0. The zero-order valence-electron chi connectivity index (χ0n) is 8.89. The van der Waals surface area contributed by atoms with E-state index in [1.807, 2.05) is 0 Å². The lowest BCUT2D eigenvalue weighted by Gasteiger charge is -2.25. The van der Waals surface area contributed by atoms with Crippen LogP contribution in [0.1, 0.15) is 51.9 Å². The van der Waals surface area contributed by atoms with E-state index in [0.717, 1.165) is 5.57 Å². The summed E-state index contributed by atoms with van der Waals surface area (Å²) in [6.07, 6.45) is 9.59. The molecule has 1 heteroatoms. The molecule has 13 heavy (non-hydrogen) atoms. The predicted octanol–water partition coefficient (Wildman–Crippen LogP) is 3.25. The highest BCUT2D eigenvalue weighted by Gasteiger charge is 2.18. The summed E-state index contributed by atoms with van der Waals surface area (Å²) in [6, 6.07) is 0.248. The Hall–Kier alpha value is -0.300. The SMILES string of the molecule is C=C(C)C(N)C1CCCCCCC1. The van der Waals surface area contributed by atoms with Crippen LogP contribution in [0.5, 0.6) is 0 Å². The molecular formula is C12H23N. The molecule has 0 spiro atoms. The maximum absolute atomic E-state index is 6.11. The van der Waals surface area contributed by atoms with Gasteiger partial charge in [0.2, 0.25) is 0 Å². The van der Waals surface area contributed by atoms with Crippen LogP contribution in [0.25, 0.3) is 0 Å². The highest BCUT2D eigenvalue weighted by molar-refractivity contribution is 5.02. The minimum atomic E-state index is 0.248. The van der Waals surface area contributed by atoms with E-state index in [2.05, 4.69) is 13.5 Å². The van der Waals surface area contributed by atoms with E-state index in [9.17, 15) is 0 Å². The van der Waals surface area contributed by atoms with Crippen LogP contribution in [0.15, 0.2) is 12.2 Å². The summed E-state index contributed by atoms with van der Waals surface area (Å²) in [5.41, 5.74) is 7.27. The van der Waals surface area contributed by atoms with Crippen molar-refractivity contribution in [3.05, 3.63) is 12.2 Å². The van der Waals surface area contributed by atoms with Crippen molar-refractivity contribution in [1.82, 2.24) is 0 Å². The Morgan fingerprint density at radius 1 is 1.15 bits per heavy atom. The normalized spacial score (nSPS) is 23.2. The van der Waals surface area contributed by atoms with Crippen LogP contribution >= 0.6 is 0 Å². The fourth-order valence-corrected chi connectivity index (χ4v) is 2.25. The van der Waals surface area contributed by atoms with Crippen LogP contribution < -0.4 is 5.73 Å². The molecule has 0 radical (unpaired) electrons. The van der Waals surface area contributed by atoms with Gasteiger partial charge in [-0.2, -0.15) is 0 Å². The van der Waals surface area contributed by atoms with Gasteiger partial charge in [-0.1, -0.05) is 44.3 Å². The molecule has 1 nitrogen and oxygen atoms in total. The average molecular weight is 181 g/mol. The van der Waals surface area contributed by atoms with Gasteiger partial charge in [0.1, 0.15) is 0 Å². The Balaban J connectivity index is 2.40. The minimum Gasteiger partial charge on any atom is -0.324 e. The van der Waals surface area contributed by atoms with Gasteiger partial charge in [-0.05, 0) is 25.7 Å². The number of rotatable bonds is 2. The fraction of sp³-hybridized carbons (Fsp3) is 0.833. The molecule has 0 aromatic rings. The molecule has 1 fully saturated rings. The van der Waals surface area contributed by atoms with Crippen molar-refractivity contribution in [2.24, 2.45) is 11.7 Å². The fourth-order valence-electron chi connectivity index (χ4n) is 2.25. The summed E-state index contributed by atoms with van der Waals surface area (Å²) in [5, 5.41) is 0. The highest BCUT2D eigenvalue weighted by atomic mass is 14.6. The molecule has 2 N–H and O–H groups in total. The van der Waals surface area contributed by atoms with Crippen molar-refractivity contribution in [3.8, 4) is 0 Å². The second kappa shape index (κ2) is 5.43. The molecule has 0 aromatic carbocycles. The Morgan fingerprint density at radius 3 is 2.08 bits per heavy atom. The molecule has 0 heterocycles. The molecule has 1 atom stereocenters. The van der Waals surface area contributed by atoms with Gasteiger partial charge in [-0.15, -0.1) is 0 Å². The number of hydrogen-bond donors (Lipinski definition) is 1. The molecule has 0 saturated heterocycles. The third-order valence-electron chi connectivity index (χ3n) is 3.23. The van der Waals surface area contributed by atoms with Gasteiger partial charge in [0, 0.05) is 6.04 Å². The van der Waals surface area contributed by atoms with Crippen molar-refractivity contribution in [1.29, 1.82) is 0 Å². The van der Waals surface area contributed by atoms with Gasteiger partial charge in [-0.25, -0.2) is 0 Å². The summed E-state index contributed by atoms with van der Waals surface area (Å²) in [6.45, 7) is 6.02. The molecule has 1 saturated carbocycles. The summed E-state index contributed by atoms with van der Waals surface area (Å²) >= 11 is 0. The Morgan fingerprint density at radius 2 is 1.62 bits per heavy atom. The number of hydrogen-bond acceptors (Lipinski definition) is 1. The second-order valence-corrected chi connectivity index (χ2v) is 4.48. The quantitative estimate of drug-likeness (QED) is 0.650. The Kier molecular flexibility index (Phi) is 4.51. The molecule has 0 aliphatic heterocycles. The van der Waals surface area contributed by atoms with Gasteiger partial charge in [0.25, 0.3) is 0 Å². The van der Waals surface area contributed by atoms with E-state index >= 15 is 0 Å². The lowest BCUT2D eigenvalue weighted by Crippen LogP contribution is -2.31. The van der Waals surface area contributed by atoms with Crippen LogP contribution in [0.3, 0.4) is 0 Å². The van der Waals surface area contributed by atoms with Gasteiger partial charge in [0.05, 0.1) is 0 Å². The first-order chi connectivity index (χ1) is 6.22. The standard InChI is InChI=1S/C12H23N/c1-10(2)12(13)11-8-6-4-3-5-7-9-11/h11-12H,1,3-9,13H2,2H3. The molecule has 1 unspecified atom stereocenters. The molecule has 0 amide bonds. The zero-order valence-corrected chi connectivity index (χ0v) is 8.89. The lowest BCUT2D eigenvalue weighted by atomic mass is 9.84. The van der Waals surface area contributed by atoms with E-state index in [1.54, 1.807) is 0 Å². The molecule has 1 aliphatic rings. The van der Waals surface area contributed by atoms with Crippen molar-refractivity contribution in [2.75, 3.05) is 0 Å². The predicted molar refractivity (Wildman–Crippen MR) is 58.6 cm³/mol. The van der Waals surface area contributed by atoms with Crippen LogP contribution in [-0.2, 0) is 0 Å². The van der Waals surface area contributed by atoms with Gasteiger partial charge in [-0.3, -0.25) is 0 Å². The smallest absolute Gasteiger partial charge is 0.0276 e. The molecule has 0 aromatic heterocycles. The van der Waals surface area contributed by atoms with Crippen LogP contribution in [0.4, 0.5) is 0 Å². The largest absolute Gasteiger partial charge is 0.324 e. The Bertz CT molecular complexity index is 155. The van der Waals surface area contributed by atoms with Crippen molar-refractivity contribution >= 4 is 0 Å². The third-order valence-corrected chi connectivity index (χ3v) is 3.23. The van der Waals surface area contributed by atoms with E-state index < -0.39 is 0 Å². The first kappa shape index (κ1) is 10.8. The molecule has 1 aliphatic carbocycles. The topological polar surface area (TPSA) is 26.0 Å². The average Bonchev–Trinajstić information content (AvgIpc) is 2.02. The summed E-state index contributed by atoms with van der Waals surface area (Å²) in [4.78, 5) is 0. The van der Waals surface area contributed by atoms with E-state index in [1.165, 1.54) is 44.9 Å². The van der Waals surface area contributed by atoms with Gasteiger partial charge < -0.3 is 5.73 Å². The van der Waals surface area contributed by atoms with Crippen molar-refractivity contribution in [2.45, 2.75) is 57.9 Å². The first-order valence-corrected chi connectivity index (χ1v) is 5.63. The maximum atomic E-state index is 6.11. The lowest BCUT2D eigenvalue weighted by molar-refractivity contribution is 0.345. The molecular weight excluding hydrogens is 158 g/mol. The summed E-state index contributed by atoms with van der Waals surface area (Å²) in [5.74, 6) is 0.706. The molecule has 0 bridgehead atoms. The Labute approximate surface area is 82.4 Å². The van der Waals surface area contributed by atoms with Gasteiger partial charge >= 0.3 is 0 Å². The third kappa shape index (κ3) is 3.51. The monoisotopic (exact) mass is 181 g/mol. The zero-order chi connectivity index (χ0) is 9.68. The van der Waals surface area contributed by atoms with E-state index in [-0.39, 0.29) is 6.04 Å². The van der Waals surface area contributed by atoms with Crippen LogP contribution in [0.2, 0.25) is 0 Å². The number of nitrogens with two attached hydrogens (primary N) is 1. The van der Waals surface area contributed by atoms with E-state index in [0.29, 0.717) is 5.92 Å². The minimum absolute atomic E-state index is 0.248. The maximum Gasteiger partial charge on any atom is 0.0276 e. The summed E-state index contributed by atoms with van der Waals surface area (Å²) in [7, 11) is 0. The van der Waals surface area contributed by atoms with Crippen LogP contribution in [-0.4, -0.2) is 6.04 Å². The van der Waals surface area contributed by atoms with Crippen LogP contribution in [0, 0.1) is 5.92 Å². The van der Waals surface area contributed by atoms with E-state index in [4.69, 9.17) is 5.73 Å². The first-order valence-electron chi connectivity index (χ1n) is 5.63. The van der Waals surface area contributed by atoms with Gasteiger partial charge in [0.15, 0.2) is 0 Å². The molecule has 76 valence electrons. The van der Waals surface area contributed by atoms with Crippen molar-refractivity contribution in [3.63, 3.8) is 0 Å². The highest BCUT2D eigenvalue weighted by Crippen LogP contribution is 2.26. The second-order valence-electron chi connectivity index (χ2n) is 4.48.